The topological polar surface area (TPSA) is 103 Å². The van der Waals surface area contributed by atoms with Gasteiger partial charge in [0.05, 0.1) is 17.9 Å². The summed E-state index contributed by atoms with van der Waals surface area (Å²) < 4.78 is 0. The fraction of sp³-hybridized carbons (Fsp3) is 0.500. The molecule has 1 aromatic rings. The molecule has 0 saturated carbocycles. The van der Waals surface area contributed by atoms with Crippen molar-refractivity contribution in [2.45, 2.75) is 0 Å². The predicted molar refractivity (Wildman–Crippen MR) is 71.3 cm³/mol. The summed E-state index contributed by atoms with van der Waals surface area (Å²) in [4.78, 5) is 19.3. The van der Waals surface area contributed by atoms with Gasteiger partial charge in [0, 0.05) is 38.9 Å². The number of aromatic nitrogens is 1. The Kier molecular flexibility index (Phi) is 4.18. The Morgan fingerprint density at radius 1 is 1.37 bits per heavy atom. The molecule has 0 aliphatic carbocycles. The van der Waals surface area contributed by atoms with Crippen LogP contribution in [0.1, 0.15) is 10.4 Å². The molecular formula is C12H18N4O3. The molecule has 7 nitrogen and oxygen atoms in total. The molecule has 0 aromatic carbocycles. The van der Waals surface area contributed by atoms with Gasteiger partial charge in [0.25, 0.3) is 0 Å². The van der Waals surface area contributed by atoms with E-state index in [1.165, 1.54) is 12.3 Å². The first-order valence-corrected chi connectivity index (χ1v) is 6.19. The Labute approximate surface area is 111 Å². The lowest BCUT2D eigenvalue weighted by Crippen LogP contribution is -2.47. The predicted octanol–water partition coefficient (Wildman–Crippen LogP) is -0.524. The number of aromatic carboxylic acids is 1. The van der Waals surface area contributed by atoms with Crippen molar-refractivity contribution in [2.75, 3.05) is 50.0 Å². The molecule has 0 spiro atoms. The van der Waals surface area contributed by atoms with Crippen LogP contribution in [0.4, 0.5) is 11.5 Å². The number of β-amino-alcohol motifs (C(OH)–C–C–N with tert-alkyl or cyclic N) is 1. The fourth-order valence-electron chi connectivity index (χ4n) is 2.23. The maximum Gasteiger partial charge on any atom is 0.337 e. The van der Waals surface area contributed by atoms with Crippen molar-refractivity contribution in [3.05, 3.63) is 17.8 Å². The van der Waals surface area contributed by atoms with E-state index >= 15 is 0 Å². The van der Waals surface area contributed by atoms with E-state index in [1.54, 1.807) is 0 Å². The van der Waals surface area contributed by atoms with E-state index in [0.29, 0.717) is 12.4 Å². The van der Waals surface area contributed by atoms with Crippen LogP contribution in [0.15, 0.2) is 12.3 Å². The summed E-state index contributed by atoms with van der Waals surface area (Å²) in [5.41, 5.74) is 6.17. The number of nitrogens with zero attached hydrogens (tertiary/aromatic N) is 3. The minimum absolute atomic E-state index is 0.0859. The number of rotatable bonds is 4. The van der Waals surface area contributed by atoms with Gasteiger partial charge in [-0.15, -0.1) is 0 Å². The number of carboxylic acid groups (broad SMARTS) is 1. The van der Waals surface area contributed by atoms with Gasteiger partial charge in [-0.25, -0.2) is 9.78 Å². The van der Waals surface area contributed by atoms with Crippen LogP contribution in [-0.4, -0.2) is 65.4 Å². The smallest absolute Gasteiger partial charge is 0.337 e. The number of hydrogen-bond acceptors (Lipinski definition) is 6. The quantitative estimate of drug-likeness (QED) is 0.673. The standard InChI is InChI=1S/C12H18N4O3/c13-10-9(12(18)19)1-2-14-11(10)16-5-3-15(4-6-16)7-8-17/h1-2,17H,3-8,13H2,(H,18,19). The zero-order chi connectivity index (χ0) is 13.8. The van der Waals surface area contributed by atoms with E-state index < -0.39 is 5.97 Å². The van der Waals surface area contributed by atoms with E-state index in [9.17, 15) is 4.79 Å². The first-order valence-electron chi connectivity index (χ1n) is 6.19. The first kappa shape index (κ1) is 13.6. The van der Waals surface area contributed by atoms with Crippen molar-refractivity contribution in [1.82, 2.24) is 9.88 Å². The molecule has 1 fully saturated rings. The zero-order valence-corrected chi connectivity index (χ0v) is 10.6. The van der Waals surface area contributed by atoms with Gasteiger partial charge in [0.2, 0.25) is 0 Å². The molecule has 2 rings (SSSR count). The Bertz CT molecular complexity index is 458. The van der Waals surface area contributed by atoms with Crippen LogP contribution in [0, 0.1) is 0 Å². The van der Waals surface area contributed by atoms with Gasteiger partial charge in [-0.1, -0.05) is 0 Å². The van der Waals surface area contributed by atoms with Crippen LogP contribution in [0.3, 0.4) is 0 Å². The highest BCUT2D eigenvalue weighted by Gasteiger charge is 2.21. The van der Waals surface area contributed by atoms with Crippen molar-refractivity contribution in [1.29, 1.82) is 0 Å². The van der Waals surface area contributed by atoms with Crippen molar-refractivity contribution in [2.24, 2.45) is 0 Å². The van der Waals surface area contributed by atoms with Gasteiger partial charge in [-0.3, -0.25) is 4.90 Å². The number of aliphatic hydroxyl groups excluding tert-OH is 1. The number of hydrogen-bond donors (Lipinski definition) is 3. The number of carbonyl (C=O) groups is 1. The van der Waals surface area contributed by atoms with Gasteiger partial charge >= 0.3 is 5.97 Å². The van der Waals surface area contributed by atoms with Crippen LogP contribution in [0.25, 0.3) is 0 Å². The van der Waals surface area contributed by atoms with Crippen LogP contribution >= 0.6 is 0 Å². The van der Waals surface area contributed by atoms with Crippen molar-refractivity contribution < 1.29 is 15.0 Å². The average Bonchev–Trinajstić information content (AvgIpc) is 2.40. The van der Waals surface area contributed by atoms with Gasteiger partial charge < -0.3 is 20.8 Å². The third kappa shape index (κ3) is 2.94. The van der Waals surface area contributed by atoms with Crippen molar-refractivity contribution >= 4 is 17.5 Å². The lowest BCUT2D eigenvalue weighted by Gasteiger charge is -2.35. The molecule has 19 heavy (non-hydrogen) atoms. The third-order valence-corrected chi connectivity index (χ3v) is 3.29. The number of carboxylic acids is 1. The second-order valence-electron chi connectivity index (χ2n) is 4.45. The molecule has 1 aliphatic rings. The summed E-state index contributed by atoms with van der Waals surface area (Å²) in [5, 5.41) is 17.9. The highest BCUT2D eigenvalue weighted by atomic mass is 16.4. The van der Waals surface area contributed by atoms with E-state index in [0.717, 1.165) is 26.2 Å². The zero-order valence-electron chi connectivity index (χ0n) is 10.6. The maximum atomic E-state index is 11.0. The summed E-state index contributed by atoms with van der Waals surface area (Å²) in [6, 6.07) is 1.41. The third-order valence-electron chi connectivity index (χ3n) is 3.29. The number of nitrogens with two attached hydrogens (primary N) is 1. The largest absolute Gasteiger partial charge is 0.478 e. The molecule has 1 aliphatic heterocycles. The van der Waals surface area contributed by atoms with Gasteiger partial charge in [0.15, 0.2) is 5.82 Å². The normalized spacial score (nSPS) is 16.6. The molecular weight excluding hydrogens is 248 g/mol. The number of nitrogen functional groups attached to an aromatic ring is 1. The molecule has 104 valence electrons. The molecule has 4 N–H and O–H groups in total. The highest BCUT2D eigenvalue weighted by Crippen LogP contribution is 2.24. The molecule has 0 atom stereocenters. The molecule has 0 radical (unpaired) electrons. The Morgan fingerprint density at radius 3 is 2.63 bits per heavy atom. The first-order chi connectivity index (χ1) is 9.13. The fourth-order valence-corrected chi connectivity index (χ4v) is 2.23. The van der Waals surface area contributed by atoms with E-state index in [1.807, 2.05) is 4.90 Å². The minimum atomic E-state index is -1.04. The summed E-state index contributed by atoms with van der Waals surface area (Å²) in [5.74, 6) is -0.511. The van der Waals surface area contributed by atoms with E-state index in [2.05, 4.69) is 9.88 Å². The molecule has 2 heterocycles. The van der Waals surface area contributed by atoms with E-state index in [-0.39, 0.29) is 17.9 Å². The number of piperazine rings is 1. The van der Waals surface area contributed by atoms with Crippen LogP contribution in [0.2, 0.25) is 0 Å². The number of anilines is 2. The maximum absolute atomic E-state index is 11.0. The number of pyridine rings is 1. The summed E-state index contributed by atoms with van der Waals surface area (Å²) in [6.45, 7) is 3.86. The molecule has 1 saturated heterocycles. The van der Waals surface area contributed by atoms with Crippen LogP contribution in [0.5, 0.6) is 0 Å². The molecule has 0 bridgehead atoms. The summed E-state index contributed by atoms with van der Waals surface area (Å²) >= 11 is 0. The molecule has 7 heteroatoms. The second-order valence-corrected chi connectivity index (χ2v) is 4.45. The molecule has 0 amide bonds. The van der Waals surface area contributed by atoms with Gasteiger partial charge in [0.1, 0.15) is 0 Å². The average molecular weight is 266 g/mol. The van der Waals surface area contributed by atoms with Gasteiger partial charge in [-0.05, 0) is 6.07 Å². The van der Waals surface area contributed by atoms with Crippen molar-refractivity contribution in [3.63, 3.8) is 0 Å². The van der Waals surface area contributed by atoms with Crippen LogP contribution < -0.4 is 10.6 Å². The van der Waals surface area contributed by atoms with E-state index in [4.69, 9.17) is 15.9 Å². The second kappa shape index (κ2) is 5.85. The summed E-state index contributed by atoms with van der Waals surface area (Å²) in [7, 11) is 0. The SMILES string of the molecule is Nc1c(C(=O)O)ccnc1N1CCN(CCO)CC1. The number of aliphatic hydroxyl groups is 1. The Balaban J connectivity index is 2.11. The molecule has 0 unspecified atom stereocenters. The Hall–Kier alpha value is -1.86. The Morgan fingerprint density at radius 2 is 2.05 bits per heavy atom. The monoisotopic (exact) mass is 266 g/mol. The van der Waals surface area contributed by atoms with Gasteiger partial charge in [-0.2, -0.15) is 0 Å². The summed E-state index contributed by atoms with van der Waals surface area (Å²) in [6.07, 6.45) is 1.47. The van der Waals surface area contributed by atoms with Crippen molar-refractivity contribution in [3.8, 4) is 0 Å². The highest BCUT2D eigenvalue weighted by molar-refractivity contribution is 5.96. The molecule has 1 aromatic heterocycles. The minimum Gasteiger partial charge on any atom is -0.478 e. The van der Waals surface area contributed by atoms with Crippen LogP contribution in [-0.2, 0) is 0 Å². The lowest BCUT2D eigenvalue weighted by atomic mass is 10.2. The lowest BCUT2D eigenvalue weighted by molar-refractivity contribution is 0.0698.